The molecular weight excluding hydrogens is 384 g/mol. The molecule has 3 heterocycles. The van der Waals surface area contributed by atoms with E-state index in [2.05, 4.69) is 20.4 Å². The van der Waals surface area contributed by atoms with Crippen LogP contribution in [-0.4, -0.2) is 21.0 Å². The van der Waals surface area contributed by atoms with Crippen molar-refractivity contribution in [2.75, 3.05) is 5.32 Å². The molecule has 7 nitrogen and oxygen atoms in total. The standard InChI is InChI=1S/C18H14N4O3S2/c1-11-19-16(22-25-11)9-24-14-6-3-2-5-12(14)17(23)21-18-20-13(10-27-18)15-7-4-8-26-15/h2-8,10H,9H2,1H3,(H,20,21,23). The number of rotatable bonds is 6. The SMILES string of the molecule is Cc1nc(COc2ccccc2C(=O)Nc2nc(-c3cccs3)cs2)no1. The normalized spacial score (nSPS) is 10.7. The average Bonchev–Trinajstić information content (AvgIpc) is 3.42. The van der Waals surface area contributed by atoms with Crippen LogP contribution in [0.3, 0.4) is 0 Å². The maximum Gasteiger partial charge on any atom is 0.261 e. The molecule has 4 rings (SSSR count). The lowest BCUT2D eigenvalue weighted by Gasteiger charge is -2.09. The predicted molar refractivity (Wildman–Crippen MR) is 103 cm³/mol. The number of nitrogens with one attached hydrogen (secondary N) is 1. The molecule has 0 fully saturated rings. The number of amides is 1. The van der Waals surface area contributed by atoms with Crippen molar-refractivity contribution in [2.24, 2.45) is 0 Å². The minimum absolute atomic E-state index is 0.113. The van der Waals surface area contributed by atoms with Gasteiger partial charge in [0.15, 0.2) is 11.7 Å². The van der Waals surface area contributed by atoms with E-state index in [9.17, 15) is 4.79 Å². The van der Waals surface area contributed by atoms with Crippen LogP contribution in [-0.2, 0) is 6.61 Å². The Bertz CT molecular complexity index is 1060. The fraction of sp³-hybridized carbons (Fsp3) is 0.111. The average molecular weight is 398 g/mol. The summed E-state index contributed by atoms with van der Waals surface area (Å²) in [5.41, 5.74) is 1.26. The van der Waals surface area contributed by atoms with Crippen molar-refractivity contribution < 1.29 is 14.1 Å². The first-order valence-corrected chi connectivity index (χ1v) is 9.77. The van der Waals surface area contributed by atoms with Gasteiger partial charge in [-0.25, -0.2) is 4.98 Å². The number of nitrogens with zero attached hydrogens (tertiary/aromatic N) is 3. The maximum absolute atomic E-state index is 12.7. The molecule has 0 spiro atoms. The van der Waals surface area contributed by atoms with Crippen molar-refractivity contribution in [1.29, 1.82) is 0 Å². The molecule has 4 aromatic rings. The van der Waals surface area contributed by atoms with Gasteiger partial charge in [0.1, 0.15) is 5.75 Å². The molecule has 0 aliphatic rings. The van der Waals surface area contributed by atoms with Crippen LogP contribution in [0.2, 0.25) is 0 Å². The number of hydrogen-bond acceptors (Lipinski definition) is 8. The number of hydrogen-bond donors (Lipinski definition) is 1. The van der Waals surface area contributed by atoms with Crippen LogP contribution in [0.4, 0.5) is 5.13 Å². The fourth-order valence-electron chi connectivity index (χ4n) is 2.36. The highest BCUT2D eigenvalue weighted by Crippen LogP contribution is 2.29. The Morgan fingerprint density at radius 2 is 2.07 bits per heavy atom. The van der Waals surface area contributed by atoms with Crippen molar-refractivity contribution in [3.8, 4) is 16.3 Å². The number of thiazole rings is 1. The van der Waals surface area contributed by atoms with Gasteiger partial charge in [-0.1, -0.05) is 23.4 Å². The number of aryl methyl sites for hydroxylation is 1. The third-order valence-electron chi connectivity index (χ3n) is 3.56. The Morgan fingerprint density at radius 1 is 1.19 bits per heavy atom. The molecule has 27 heavy (non-hydrogen) atoms. The van der Waals surface area contributed by atoms with Gasteiger partial charge in [-0.3, -0.25) is 10.1 Å². The van der Waals surface area contributed by atoms with Crippen LogP contribution in [0.25, 0.3) is 10.6 Å². The molecule has 0 saturated heterocycles. The van der Waals surface area contributed by atoms with Gasteiger partial charge in [0.05, 0.1) is 16.1 Å². The van der Waals surface area contributed by atoms with Gasteiger partial charge >= 0.3 is 0 Å². The number of carbonyl (C=O) groups excluding carboxylic acids is 1. The van der Waals surface area contributed by atoms with E-state index < -0.39 is 0 Å². The van der Waals surface area contributed by atoms with Gasteiger partial charge < -0.3 is 9.26 Å². The van der Waals surface area contributed by atoms with E-state index >= 15 is 0 Å². The first-order valence-electron chi connectivity index (χ1n) is 8.01. The summed E-state index contributed by atoms with van der Waals surface area (Å²) in [7, 11) is 0. The number of carbonyl (C=O) groups is 1. The predicted octanol–water partition coefficient (Wildman–Crippen LogP) is 4.39. The molecule has 1 aromatic carbocycles. The third kappa shape index (κ3) is 4.04. The van der Waals surface area contributed by atoms with E-state index in [1.807, 2.05) is 22.9 Å². The molecule has 0 aliphatic heterocycles. The van der Waals surface area contributed by atoms with Gasteiger partial charge in [0, 0.05) is 12.3 Å². The zero-order valence-electron chi connectivity index (χ0n) is 14.2. The Morgan fingerprint density at radius 3 is 2.85 bits per heavy atom. The largest absolute Gasteiger partial charge is 0.485 e. The van der Waals surface area contributed by atoms with Gasteiger partial charge in [-0.2, -0.15) is 4.98 Å². The van der Waals surface area contributed by atoms with Crippen molar-refractivity contribution in [2.45, 2.75) is 13.5 Å². The summed E-state index contributed by atoms with van der Waals surface area (Å²) >= 11 is 2.99. The summed E-state index contributed by atoms with van der Waals surface area (Å²) in [6, 6.07) is 11.0. The molecule has 9 heteroatoms. The third-order valence-corrected chi connectivity index (χ3v) is 5.21. The number of anilines is 1. The van der Waals surface area contributed by atoms with E-state index in [0.717, 1.165) is 10.6 Å². The first kappa shape index (κ1) is 17.4. The molecule has 1 amide bonds. The monoisotopic (exact) mass is 398 g/mol. The van der Waals surface area contributed by atoms with Crippen molar-refractivity contribution in [3.05, 3.63) is 64.4 Å². The smallest absolute Gasteiger partial charge is 0.261 e. The topological polar surface area (TPSA) is 90.1 Å². The summed E-state index contributed by atoms with van der Waals surface area (Å²) < 4.78 is 10.6. The van der Waals surface area contributed by atoms with Gasteiger partial charge in [-0.05, 0) is 23.6 Å². The highest BCUT2D eigenvalue weighted by Gasteiger charge is 2.15. The second kappa shape index (κ2) is 7.68. The molecule has 0 radical (unpaired) electrons. The number of benzene rings is 1. The van der Waals surface area contributed by atoms with Crippen molar-refractivity contribution >= 4 is 33.7 Å². The lowest BCUT2D eigenvalue weighted by Crippen LogP contribution is -2.13. The second-order valence-electron chi connectivity index (χ2n) is 5.48. The Hall–Kier alpha value is -3.04. The molecule has 0 bridgehead atoms. The molecule has 1 N–H and O–H groups in total. The molecule has 0 atom stereocenters. The number of aromatic nitrogens is 3. The van der Waals surface area contributed by atoms with E-state index in [1.54, 1.807) is 42.5 Å². The van der Waals surface area contributed by atoms with Gasteiger partial charge in [-0.15, -0.1) is 22.7 Å². The quantitative estimate of drug-likeness (QED) is 0.518. The van der Waals surface area contributed by atoms with Crippen LogP contribution in [0.15, 0.2) is 51.7 Å². The van der Waals surface area contributed by atoms with Crippen LogP contribution >= 0.6 is 22.7 Å². The fourth-order valence-corrected chi connectivity index (χ4v) is 3.82. The summed E-state index contributed by atoms with van der Waals surface area (Å²) in [5, 5.41) is 11.1. The highest BCUT2D eigenvalue weighted by atomic mass is 32.1. The first-order chi connectivity index (χ1) is 13.2. The summed E-state index contributed by atoms with van der Waals surface area (Å²) in [4.78, 5) is 22.3. The van der Waals surface area contributed by atoms with E-state index in [1.165, 1.54) is 11.3 Å². The van der Waals surface area contributed by atoms with E-state index in [0.29, 0.717) is 28.2 Å². The Labute approximate surface area is 162 Å². The summed E-state index contributed by atoms with van der Waals surface area (Å²) in [6.45, 7) is 1.82. The van der Waals surface area contributed by atoms with Gasteiger partial charge in [0.25, 0.3) is 5.91 Å². The zero-order chi connectivity index (χ0) is 18.6. The van der Waals surface area contributed by atoms with Crippen molar-refractivity contribution in [3.63, 3.8) is 0 Å². The van der Waals surface area contributed by atoms with Crippen molar-refractivity contribution in [1.82, 2.24) is 15.1 Å². The van der Waals surface area contributed by atoms with E-state index in [-0.39, 0.29) is 12.5 Å². The molecule has 0 saturated carbocycles. The lowest BCUT2D eigenvalue weighted by atomic mass is 10.2. The van der Waals surface area contributed by atoms with Crippen LogP contribution in [0, 0.1) is 6.92 Å². The lowest BCUT2D eigenvalue weighted by molar-refractivity contribution is 0.102. The van der Waals surface area contributed by atoms with Crippen LogP contribution in [0.5, 0.6) is 5.75 Å². The van der Waals surface area contributed by atoms with Crippen LogP contribution < -0.4 is 10.1 Å². The molecule has 3 aromatic heterocycles. The van der Waals surface area contributed by atoms with Crippen LogP contribution in [0.1, 0.15) is 22.1 Å². The molecule has 136 valence electrons. The second-order valence-corrected chi connectivity index (χ2v) is 7.29. The molecule has 0 unspecified atom stereocenters. The summed E-state index contributed by atoms with van der Waals surface area (Å²) in [5.74, 6) is 1.03. The van der Waals surface area contributed by atoms with Gasteiger partial charge in [0.2, 0.25) is 11.7 Å². The maximum atomic E-state index is 12.7. The highest BCUT2D eigenvalue weighted by molar-refractivity contribution is 7.16. The minimum atomic E-state index is -0.290. The van der Waals surface area contributed by atoms with E-state index in [4.69, 9.17) is 9.26 Å². The Kier molecular flexibility index (Phi) is 4.95. The summed E-state index contributed by atoms with van der Waals surface area (Å²) in [6.07, 6.45) is 0. The number of para-hydroxylation sites is 1. The zero-order valence-corrected chi connectivity index (χ0v) is 15.8. The number of thiophene rings is 1. The minimum Gasteiger partial charge on any atom is -0.485 e. The number of ether oxygens (including phenoxy) is 1. The molecular formula is C18H14N4O3S2. The molecule has 0 aliphatic carbocycles. The Balaban J connectivity index is 1.47.